The van der Waals surface area contributed by atoms with E-state index in [0.29, 0.717) is 13.2 Å². The van der Waals surface area contributed by atoms with E-state index >= 15 is 0 Å². The molecule has 0 aliphatic rings. The van der Waals surface area contributed by atoms with E-state index in [1.807, 2.05) is 66.7 Å². The number of para-hydroxylation sites is 1. The van der Waals surface area contributed by atoms with E-state index in [4.69, 9.17) is 13.9 Å². The molecule has 0 saturated heterocycles. The Kier molecular flexibility index (Phi) is 6.16. The molecule has 0 aliphatic carbocycles. The first kappa shape index (κ1) is 19.1. The molecule has 2 heterocycles. The molecule has 0 fully saturated rings. The zero-order valence-corrected chi connectivity index (χ0v) is 16.8. The summed E-state index contributed by atoms with van der Waals surface area (Å²) in [5.41, 5.74) is 0.970. The highest BCUT2D eigenvalue weighted by Gasteiger charge is 2.16. The average Bonchev–Trinajstić information content (AvgIpc) is 3.43. The molecule has 0 atom stereocenters. The molecular formula is C22H21N3O3S. The van der Waals surface area contributed by atoms with Crippen LogP contribution in [0.15, 0.2) is 82.6 Å². The predicted octanol–water partition coefficient (Wildman–Crippen LogP) is 4.77. The number of methoxy groups -OCH3 is 1. The van der Waals surface area contributed by atoms with E-state index in [2.05, 4.69) is 14.8 Å². The van der Waals surface area contributed by atoms with Crippen molar-refractivity contribution in [3.05, 3.63) is 78.8 Å². The lowest BCUT2D eigenvalue weighted by molar-refractivity contribution is 0.344. The first-order valence-corrected chi connectivity index (χ1v) is 10.2. The van der Waals surface area contributed by atoms with Crippen molar-refractivity contribution >= 4 is 11.8 Å². The minimum atomic E-state index is 0.559. The molecular weight excluding hydrogens is 386 g/mol. The summed E-state index contributed by atoms with van der Waals surface area (Å²) in [6.45, 7) is 1.14. The number of ether oxygens (including phenoxy) is 2. The van der Waals surface area contributed by atoms with Gasteiger partial charge in [0.15, 0.2) is 11.0 Å². The zero-order chi connectivity index (χ0) is 19.9. The van der Waals surface area contributed by atoms with Crippen molar-refractivity contribution in [1.29, 1.82) is 0 Å². The highest BCUT2D eigenvalue weighted by Crippen LogP contribution is 2.27. The second kappa shape index (κ2) is 9.34. The molecule has 0 bridgehead atoms. The Morgan fingerprint density at radius 1 is 0.931 bits per heavy atom. The van der Waals surface area contributed by atoms with E-state index in [1.54, 1.807) is 25.1 Å². The molecule has 29 heavy (non-hydrogen) atoms. The van der Waals surface area contributed by atoms with Crippen LogP contribution < -0.4 is 9.47 Å². The van der Waals surface area contributed by atoms with Gasteiger partial charge >= 0.3 is 0 Å². The maximum atomic E-state index is 5.78. The number of aromatic nitrogens is 3. The van der Waals surface area contributed by atoms with Crippen LogP contribution >= 0.6 is 11.8 Å². The van der Waals surface area contributed by atoms with Crippen LogP contribution in [0.25, 0.3) is 11.4 Å². The molecule has 0 spiro atoms. The maximum absolute atomic E-state index is 5.78. The van der Waals surface area contributed by atoms with E-state index < -0.39 is 0 Å². The Morgan fingerprint density at radius 3 is 2.48 bits per heavy atom. The van der Waals surface area contributed by atoms with Gasteiger partial charge in [-0.15, -0.1) is 10.2 Å². The van der Waals surface area contributed by atoms with Gasteiger partial charge in [0.2, 0.25) is 0 Å². The van der Waals surface area contributed by atoms with Gasteiger partial charge in [-0.3, -0.25) is 4.57 Å². The summed E-state index contributed by atoms with van der Waals surface area (Å²) in [5.74, 6) is 4.06. The molecule has 0 saturated carbocycles. The van der Waals surface area contributed by atoms with Gasteiger partial charge in [0.05, 0.1) is 26.5 Å². The second-order valence-corrected chi connectivity index (χ2v) is 7.27. The summed E-state index contributed by atoms with van der Waals surface area (Å²) < 4.78 is 18.6. The third kappa shape index (κ3) is 4.81. The first-order valence-electron chi connectivity index (χ1n) is 9.24. The average molecular weight is 407 g/mol. The molecule has 2 aromatic carbocycles. The standard InChI is InChI=1S/C22H21N3O3S/c1-26-18-11-9-17(10-12-18)21-23-24-22(25(21)16-20-8-5-13-27-20)29-15-14-28-19-6-3-2-4-7-19/h2-13H,14-16H2,1H3. The van der Waals surface area contributed by atoms with Gasteiger partial charge in [0.1, 0.15) is 17.3 Å². The normalized spacial score (nSPS) is 10.8. The highest BCUT2D eigenvalue weighted by atomic mass is 32.2. The molecule has 4 aromatic rings. The third-order valence-corrected chi connectivity index (χ3v) is 5.22. The summed E-state index contributed by atoms with van der Waals surface area (Å²) in [4.78, 5) is 0. The summed E-state index contributed by atoms with van der Waals surface area (Å²) in [5, 5.41) is 9.66. The summed E-state index contributed by atoms with van der Waals surface area (Å²) in [6, 6.07) is 21.4. The Morgan fingerprint density at radius 2 is 1.76 bits per heavy atom. The fourth-order valence-corrected chi connectivity index (χ4v) is 3.61. The van der Waals surface area contributed by atoms with Crippen molar-refractivity contribution in [2.45, 2.75) is 11.7 Å². The second-order valence-electron chi connectivity index (χ2n) is 6.21. The van der Waals surface area contributed by atoms with Gasteiger partial charge in [-0.25, -0.2) is 0 Å². The number of rotatable bonds is 9. The number of nitrogens with zero attached hydrogens (tertiary/aromatic N) is 3. The lowest BCUT2D eigenvalue weighted by atomic mass is 10.2. The van der Waals surface area contributed by atoms with Crippen LogP contribution in [-0.2, 0) is 6.54 Å². The molecule has 0 unspecified atom stereocenters. The number of thioether (sulfide) groups is 1. The van der Waals surface area contributed by atoms with E-state index in [1.165, 1.54) is 0 Å². The molecule has 2 aromatic heterocycles. The van der Waals surface area contributed by atoms with E-state index in [0.717, 1.165) is 39.6 Å². The molecule has 0 N–H and O–H groups in total. The zero-order valence-electron chi connectivity index (χ0n) is 16.0. The Hall–Kier alpha value is -3.19. The summed E-state index contributed by atoms with van der Waals surface area (Å²) in [6.07, 6.45) is 1.67. The molecule has 0 radical (unpaired) electrons. The smallest absolute Gasteiger partial charge is 0.192 e. The topological polar surface area (TPSA) is 62.3 Å². The van der Waals surface area contributed by atoms with Crippen LogP contribution in [0, 0.1) is 0 Å². The third-order valence-electron chi connectivity index (χ3n) is 4.29. The Bertz CT molecular complexity index is 1020. The van der Waals surface area contributed by atoms with Crippen molar-refractivity contribution in [2.24, 2.45) is 0 Å². The van der Waals surface area contributed by atoms with Gasteiger partial charge < -0.3 is 13.9 Å². The molecule has 6 nitrogen and oxygen atoms in total. The SMILES string of the molecule is COc1ccc(-c2nnc(SCCOc3ccccc3)n2Cc2ccco2)cc1. The number of furan rings is 1. The Balaban J connectivity index is 1.50. The lowest BCUT2D eigenvalue weighted by Gasteiger charge is -2.10. The van der Waals surface area contributed by atoms with Crippen molar-refractivity contribution in [1.82, 2.24) is 14.8 Å². The molecule has 7 heteroatoms. The van der Waals surface area contributed by atoms with E-state index in [-0.39, 0.29) is 0 Å². The van der Waals surface area contributed by atoms with Crippen LogP contribution in [-0.4, -0.2) is 34.2 Å². The van der Waals surface area contributed by atoms with Crippen molar-refractivity contribution in [3.8, 4) is 22.9 Å². The first-order chi connectivity index (χ1) is 14.3. The summed E-state index contributed by atoms with van der Waals surface area (Å²) >= 11 is 1.61. The van der Waals surface area contributed by atoms with Crippen LogP contribution in [0.3, 0.4) is 0 Å². The Labute approximate surface area is 173 Å². The van der Waals surface area contributed by atoms with Crippen molar-refractivity contribution in [3.63, 3.8) is 0 Å². The monoisotopic (exact) mass is 407 g/mol. The lowest BCUT2D eigenvalue weighted by Crippen LogP contribution is -2.05. The predicted molar refractivity (Wildman–Crippen MR) is 112 cm³/mol. The largest absolute Gasteiger partial charge is 0.497 e. The number of hydrogen-bond acceptors (Lipinski definition) is 6. The van der Waals surface area contributed by atoms with Crippen LogP contribution in [0.4, 0.5) is 0 Å². The van der Waals surface area contributed by atoms with Gasteiger partial charge in [-0.1, -0.05) is 30.0 Å². The summed E-state index contributed by atoms with van der Waals surface area (Å²) in [7, 11) is 1.65. The van der Waals surface area contributed by atoms with E-state index in [9.17, 15) is 0 Å². The number of benzene rings is 2. The molecule has 4 rings (SSSR count). The van der Waals surface area contributed by atoms with Crippen molar-refractivity contribution < 1.29 is 13.9 Å². The highest BCUT2D eigenvalue weighted by molar-refractivity contribution is 7.99. The van der Waals surface area contributed by atoms with Gasteiger partial charge in [0.25, 0.3) is 0 Å². The van der Waals surface area contributed by atoms with Gasteiger partial charge in [0, 0.05) is 11.3 Å². The quantitative estimate of drug-likeness (QED) is 0.294. The fraction of sp³-hybridized carbons (Fsp3) is 0.182. The minimum absolute atomic E-state index is 0.559. The minimum Gasteiger partial charge on any atom is -0.497 e. The van der Waals surface area contributed by atoms with Gasteiger partial charge in [-0.2, -0.15) is 0 Å². The molecule has 0 amide bonds. The maximum Gasteiger partial charge on any atom is 0.192 e. The van der Waals surface area contributed by atoms with Crippen LogP contribution in [0.2, 0.25) is 0 Å². The fourth-order valence-electron chi connectivity index (χ4n) is 2.86. The molecule has 148 valence electrons. The molecule has 0 aliphatic heterocycles. The van der Waals surface area contributed by atoms with Crippen molar-refractivity contribution in [2.75, 3.05) is 19.5 Å². The number of hydrogen-bond donors (Lipinski definition) is 0. The van der Waals surface area contributed by atoms with Gasteiger partial charge in [-0.05, 0) is 48.5 Å². The van der Waals surface area contributed by atoms with Crippen LogP contribution in [0.1, 0.15) is 5.76 Å². The van der Waals surface area contributed by atoms with Crippen LogP contribution in [0.5, 0.6) is 11.5 Å².